The molecule has 2 N–H and O–H groups in total. The zero-order valence-electron chi connectivity index (χ0n) is 22.8. The molecule has 2 aromatic rings. The van der Waals surface area contributed by atoms with Gasteiger partial charge in [-0.15, -0.1) is 11.8 Å². The molecule has 0 radical (unpaired) electrons. The van der Waals surface area contributed by atoms with Gasteiger partial charge >= 0.3 is 5.97 Å². The normalized spacial score (nSPS) is 16.7. The first-order valence-corrected chi connectivity index (χ1v) is 16.1. The predicted octanol–water partition coefficient (Wildman–Crippen LogP) is 6.65. The van der Waals surface area contributed by atoms with E-state index in [1.54, 1.807) is 31.7 Å². The zero-order valence-corrected chi connectivity index (χ0v) is 24.5. The topological polar surface area (TPSA) is 86.7 Å². The molecular weight excluding hydrogens is 504 g/mol. The van der Waals surface area contributed by atoms with Gasteiger partial charge in [0.25, 0.3) is 0 Å². The van der Waals surface area contributed by atoms with Crippen molar-refractivity contribution in [3.63, 3.8) is 0 Å². The van der Waals surface area contributed by atoms with Crippen molar-refractivity contribution in [3.8, 4) is 0 Å². The molecule has 0 fully saturated rings. The molecule has 0 aliphatic carbocycles. The van der Waals surface area contributed by atoms with Gasteiger partial charge in [-0.05, 0) is 62.8 Å². The number of rotatable bonds is 12. The van der Waals surface area contributed by atoms with Gasteiger partial charge in [-0.2, -0.15) is 0 Å². The van der Waals surface area contributed by atoms with Crippen LogP contribution in [0.5, 0.6) is 0 Å². The third kappa shape index (κ3) is 6.89. The molecule has 6 nitrogen and oxygen atoms in total. The maximum atomic E-state index is 14.1. The average molecular weight is 547 g/mol. The number of benzene rings is 2. The maximum Gasteiger partial charge on any atom is 0.323 e. The summed E-state index contributed by atoms with van der Waals surface area (Å²) in [5.74, 6) is -0.824. The van der Waals surface area contributed by atoms with Crippen LogP contribution < -0.4 is 10.2 Å². The Labute approximate surface area is 227 Å². The number of nitrogens with one attached hydrogen (secondary N) is 1. The van der Waals surface area contributed by atoms with Gasteiger partial charge in [0.1, 0.15) is 5.54 Å². The molecule has 0 atom stereocenters. The fraction of sp³-hybridized carbons (Fsp3) is 0.552. The highest BCUT2D eigenvalue weighted by molar-refractivity contribution is 7.98. The molecule has 0 bridgehead atoms. The minimum Gasteiger partial charge on any atom is -0.480 e. The Kier molecular flexibility index (Phi) is 9.75. The molecule has 1 heterocycles. The van der Waals surface area contributed by atoms with E-state index >= 15 is 0 Å². The fourth-order valence-corrected chi connectivity index (χ4v) is 7.86. The maximum absolute atomic E-state index is 14.1. The number of anilines is 2. The number of nitrogens with zero attached hydrogens (tertiary/aromatic N) is 1. The lowest BCUT2D eigenvalue weighted by atomic mass is 9.79. The van der Waals surface area contributed by atoms with E-state index in [4.69, 9.17) is 0 Å². The van der Waals surface area contributed by atoms with E-state index in [0.717, 1.165) is 54.7 Å². The summed E-state index contributed by atoms with van der Waals surface area (Å²) in [5.41, 5.74) is 1.03. The van der Waals surface area contributed by atoms with Gasteiger partial charge in [-0.3, -0.25) is 10.1 Å². The van der Waals surface area contributed by atoms with Crippen LogP contribution in [0.2, 0.25) is 0 Å². The number of fused-ring (bicyclic) bond motifs is 1. The Hall–Kier alpha value is -2.03. The average Bonchev–Trinajstić information content (AvgIpc) is 2.97. The zero-order chi connectivity index (χ0) is 27.3. The highest BCUT2D eigenvalue weighted by atomic mass is 32.2. The molecule has 0 unspecified atom stereocenters. The van der Waals surface area contributed by atoms with Gasteiger partial charge in [0.2, 0.25) is 0 Å². The van der Waals surface area contributed by atoms with Crippen molar-refractivity contribution in [3.05, 3.63) is 48.0 Å². The molecule has 0 saturated heterocycles. The summed E-state index contributed by atoms with van der Waals surface area (Å²) in [7, 11) is -3.60. The Morgan fingerprint density at radius 3 is 2.27 bits per heavy atom. The Morgan fingerprint density at radius 2 is 1.73 bits per heavy atom. The third-order valence-electron chi connectivity index (χ3n) is 7.42. The first-order chi connectivity index (χ1) is 17.5. The van der Waals surface area contributed by atoms with Crippen LogP contribution in [0.4, 0.5) is 11.4 Å². The highest BCUT2D eigenvalue weighted by Crippen LogP contribution is 2.46. The molecule has 1 aliphatic heterocycles. The number of carboxylic acid groups (broad SMARTS) is 1. The van der Waals surface area contributed by atoms with E-state index in [1.165, 1.54) is 0 Å². The first kappa shape index (κ1) is 29.5. The van der Waals surface area contributed by atoms with Crippen molar-refractivity contribution in [2.75, 3.05) is 23.5 Å². The second-order valence-electron chi connectivity index (χ2n) is 10.8. The summed E-state index contributed by atoms with van der Waals surface area (Å²) in [6.07, 6.45) is 7.75. The van der Waals surface area contributed by atoms with Gasteiger partial charge in [-0.25, -0.2) is 8.42 Å². The number of para-hydroxylation sites is 1. The lowest BCUT2D eigenvalue weighted by molar-refractivity contribution is -0.143. The van der Waals surface area contributed by atoms with E-state index in [-0.39, 0.29) is 17.7 Å². The molecular formula is C29H42N2O4S2. The van der Waals surface area contributed by atoms with Gasteiger partial charge in [0, 0.05) is 29.1 Å². The van der Waals surface area contributed by atoms with E-state index in [9.17, 15) is 18.3 Å². The summed E-state index contributed by atoms with van der Waals surface area (Å²) in [5, 5.41) is 12.6. The molecule has 0 aromatic heterocycles. The van der Waals surface area contributed by atoms with E-state index < -0.39 is 21.3 Å². The first-order valence-electron chi connectivity index (χ1n) is 13.2. The molecule has 37 heavy (non-hydrogen) atoms. The smallest absolute Gasteiger partial charge is 0.323 e. The Bertz CT molecular complexity index is 1170. The number of hydrogen-bond acceptors (Lipinski definition) is 6. The quantitative estimate of drug-likeness (QED) is 0.288. The number of thioether (sulfide) groups is 1. The largest absolute Gasteiger partial charge is 0.480 e. The molecule has 204 valence electrons. The number of unbranched alkanes of at least 4 members (excludes halogenated alkanes) is 2. The Balaban J connectivity index is 2.20. The SMILES string of the molecule is CCCCC1(CCCC)CN(c2ccccc2)c2cc(SC)c(CNC(C)(C)C(=O)O)cc2S(=O)(=O)C1. The number of carboxylic acids is 1. The second-order valence-corrected chi connectivity index (χ2v) is 13.6. The molecule has 2 aromatic carbocycles. The van der Waals surface area contributed by atoms with Crippen molar-refractivity contribution in [1.82, 2.24) is 5.32 Å². The summed E-state index contributed by atoms with van der Waals surface area (Å²) in [6.45, 7) is 8.46. The van der Waals surface area contributed by atoms with Crippen LogP contribution in [0.3, 0.4) is 0 Å². The van der Waals surface area contributed by atoms with Crippen molar-refractivity contribution in [1.29, 1.82) is 0 Å². The van der Waals surface area contributed by atoms with Gasteiger partial charge in [-0.1, -0.05) is 57.7 Å². The summed E-state index contributed by atoms with van der Waals surface area (Å²) in [4.78, 5) is 15.1. The lowest BCUT2D eigenvalue weighted by Crippen LogP contribution is -2.46. The van der Waals surface area contributed by atoms with Gasteiger partial charge < -0.3 is 10.0 Å². The standard InChI is InChI=1S/C29H42N2O4S2/c1-6-8-15-29(16-9-7-2)20-31(23-13-11-10-12-14-23)24-18-25(36-5)22(17-26(24)37(34,35)21-29)19-30-28(3,4)27(32)33/h10-14,17-18,30H,6-9,15-16,19-21H2,1-5H3,(H,32,33). The summed E-state index contributed by atoms with van der Waals surface area (Å²) >= 11 is 1.55. The molecule has 0 spiro atoms. The highest BCUT2D eigenvalue weighted by Gasteiger charge is 2.42. The summed E-state index contributed by atoms with van der Waals surface area (Å²) < 4.78 is 28.3. The minimum absolute atomic E-state index is 0.127. The minimum atomic E-state index is -3.60. The third-order valence-corrected chi connectivity index (χ3v) is 10.2. The van der Waals surface area contributed by atoms with Crippen LogP contribution in [-0.4, -0.2) is 43.6 Å². The van der Waals surface area contributed by atoms with E-state index in [0.29, 0.717) is 17.1 Å². The van der Waals surface area contributed by atoms with Crippen LogP contribution in [0.25, 0.3) is 0 Å². The summed E-state index contributed by atoms with van der Waals surface area (Å²) in [6, 6.07) is 13.8. The number of carbonyl (C=O) groups is 1. The second kappa shape index (κ2) is 12.2. The molecule has 1 aliphatic rings. The molecule has 3 rings (SSSR count). The van der Waals surface area contributed by atoms with Gasteiger partial charge in [0.15, 0.2) is 9.84 Å². The van der Waals surface area contributed by atoms with Crippen LogP contribution in [0.1, 0.15) is 71.8 Å². The van der Waals surface area contributed by atoms with Crippen LogP contribution in [0.15, 0.2) is 52.3 Å². The van der Waals surface area contributed by atoms with Crippen LogP contribution in [0, 0.1) is 5.41 Å². The van der Waals surface area contributed by atoms with Crippen molar-refractivity contribution in [2.45, 2.75) is 88.1 Å². The molecule has 8 heteroatoms. The van der Waals surface area contributed by atoms with Crippen LogP contribution >= 0.6 is 11.8 Å². The fourth-order valence-electron chi connectivity index (χ4n) is 5.09. The number of sulfone groups is 1. The van der Waals surface area contributed by atoms with E-state index in [2.05, 4.69) is 36.2 Å². The van der Waals surface area contributed by atoms with Crippen molar-refractivity contribution < 1.29 is 18.3 Å². The van der Waals surface area contributed by atoms with Crippen LogP contribution in [-0.2, 0) is 21.2 Å². The predicted molar refractivity (Wildman–Crippen MR) is 154 cm³/mol. The molecule has 0 amide bonds. The van der Waals surface area contributed by atoms with Gasteiger partial charge in [0.05, 0.1) is 16.3 Å². The van der Waals surface area contributed by atoms with Crippen molar-refractivity contribution >= 4 is 38.9 Å². The number of aliphatic carboxylic acids is 1. The number of hydrogen-bond donors (Lipinski definition) is 2. The lowest BCUT2D eigenvalue weighted by Gasteiger charge is -2.37. The monoisotopic (exact) mass is 546 g/mol. The van der Waals surface area contributed by atoms with E-state index in [1.807, 2.05) is 30.5 Å². The molecule has 0 saturated carbocycles. The van der Waals surface area contributed by atoms with Crippen molar-refractivity contribution in [2.24, 2.45) is 5.41 Å². The Morgan fingerprint density at radius 1 is 1.11 bits per heavy atom.